The summed E-state index contributed by atoms with van der Waals surface area (Å²) >= 11 is 0. The molecule has 0 aliphatic carbocycles. The van der Waals surface area contributed by atoms with Crippen LogP contribution in [0.25, 0.3) is 0 Å². The number of piperidine rings is 1. The third kappa shape index (κ3) is 6.03. The predicted octanol–water partition coefficient (Wildman–Crippen LogP) is 2.32. The highest BCUT2D eigenvalue weighted by Gasteiger charge is 2.27. The summed E-state index contributed by atoms with van der Waals surface area (Å²) in [7, 11) is 0. The lowest BCUT2D eigenvalue weighted by atomic mass is 9.95. The van der Waals surface area contributed by atoms with Crippen molar-refractivity contribution in [3.63, 3.8) is 0 Å². The Hall–Kier alpha value is -1.94. The maximum Gasteiger partial charge on any atom is 0.238 e. The molecule has 2 heterocycles. The first kappa shape index (κ1) is 19.8. The molecule has 0 spiro atoms. The van der Waals surface area contributed by atoms with Crippen molar-refractivity contribution in [1.29, 1.82) is 5.26 Å². The molecule has 0 unspecified atom stereocenters. The Morgan fingerprint density at radius 2 is 1.93 bits per heavy atom. The van der Waals surface area contributed by atoms with E-state index in [0.29, 0.717) is 35.9 Å². The zero-order valence-electron chi connectivity index (χ0n) is 16.4. The number of benzene rings is 1. The molecular formula is C21H30N4O2. The second kappa shape index (κ2) is 9.32. The van der Waals surface area contributed by atoms with Crippen molar-refractivity contribution < 1.29 is 9.53 Å². The van der Waals surface area contributed by atoms with Crippen molar-refractivity contribution in [3.8, 4) is 6.07 Å². The van der Waals surface area contributed by atoms with Gasteiger partial charge in [-0.25, -0.2) is 0 Å². The fourth-order valence-electron chi connectivity index (χ4n) is 4.20. The number of likely N-dealkylation sites (tertiary alicyclic amines) is 1. The summed E-state index contributed by atoms with van der Waals surface area (Å²) in [5.41, 5.74) is 1.24. The highest BCUT2D eigenvalue weighted by Crippen LogP contribution is 2.21. The van der Waals surface area contributed by atoms with Crippen molar-refractivity contribution in [1.82, 2.24) is 9.80 Å². The number of nitrogens with zero attached hydrogens (tertiary/aromatic N) is 3. The van der Waals surface area contributed by atoms with Crippen molar-refractivity contribution in [3.05, 3.63) is 29.8 Å². The van der Waals surface area contributed by atoms with Crippen LogP contribution >= 0.6 is 0 Å². The molecule has 2 saturated heterocycles. The normalized spacial score (nSPS) is 25.1. The van der Waals surface area contributed by atoms with Gasteiger partial charge in [-0.1, -0.05) is 6.07 Å². The molecule has 2 fully saturated rings. The van der Waals surface area contributed by atoms with Gasteiger partial charge in [-0.3, -0.25) is 14.6 Å². The molecule has 2 atom stereocenters. The summed E-state index contributed by atoms with van der Waals surface area (Å²) in [6, 6.07) is 9.13. The van der Waals surface area contributed by atoms with Crippen LogP contribution in [-0.2, 0) is 9.53 Å². The molecule has 0 saturated carbocycles. The van der Waals surface area contributed by atoms with E-state index in [-0.39, 0.29) is 5.91 Å². The minimum Gasteiger partial charge on any atom is -0.373 e. The van der Waals surface area contributed by atoms with Crippen LogP contribution in [0.3, 0.4) is 0 Å². The van der Waals surface area contributed by atoms with E-state index in [9.17, 15) is 4.79 Å². The number of ether oxygens (including phenoxy) is 1. The Kier molecular flexibility index (Phi) is 6.84. The Bertz CT molecular complexity index is 669. The van der Waals surface area contributed by atoms with Crippen LogP contribution in [0, 0.1) is 17.2 Å². The Balaban J connectivity index is 1.40. The molecule has 0 bridgehead atoms. The van der Waals surface area contributed by atoms with Gasteiger partial charge in [0, 0.05) is 25.3 Å². The van der Waals surface area contributed by atoms with Gasteiger partial charge in [0.05, 0.1) is 30.4 Å². The molecule has 6 nitrogen and oxygen atoms in total. The third-order valence-electron chi connectivity index (χ3n) is 5.36. The molecule has 2 aliphatic heterocycles. The molecule has 27 heavy (non-hydrogen) atoms. The highest BCUT2D eigenvalue weighted by molar-refractivity contribution is 5.92. The number of hydrogen-bond donors (Lipinski definition) is 1. The van der Waals surface area contributed by atoms with Crippen LogP contribution in [0.5, 0.6) is 0 Å². The first-order valence-electron chi connectivity index (χ1n) is 9.92. The van der Waals surface area contributed by atoms with E-state index in [2.05, 4.69) is 35.0 Å². The van der Waals surface area contributed by atoms with Gasteiger partial charge in [0.25, 0.3) is 0 Å². The number of carbonyl (C=O) groups is 1. The van der Waals surface area contributed by atoms with E-state index in [1.807, 2.05) is 6.07 Å². The van der Waals surface area contributed by atoms with E-state index in [0.717, 1.165) is 45.6 Å². The molecule has 1 aromatic carbocycles. The van der Waals surface area contributed by atoms with Crippen molar-refractivity contribution in [2.75, 3.05) is 44.6 Å². The SMILES string of the molecule is C[C@H]1CN(CC2CCN(CC(=O)Nc3cccc(C#N)c3)CC2)C[C@H](C)O1. The van der Waals surface area contributed by atoms with Gasteiger partial charge < -0.3 is 10.1 Å². The maximum atomic E-state index is 12.3. The Morgan fingerprint density at radius 1 is 1.22 bits per heavy atom. The van der Waals surface area contributed by atoms with Gasteiger partial charge in [-0.15, -0.1) is 0 Å². The number of amides is 1. The van der Waals surface area contributed by atoms with Crippen LogP contribution in [0.15, 0.2) is 24.3 Å². The number of rotatable bonds is 5. The lowest BCUT2D eigenvalue weighted by Gasteiger charge is -2.39. The lowest BCUT2D eigenvalue weighted by molar-refractivity contribution is -0.117. The standard InChI is InChI=1S/C21H30N4O2/c1-16-12-25(13-17(2)27-16)14-18-6-8-24(9-7-18)15-21(26)23-20-5-3-4-19(10-20)11-22/h3-5,10,16-18H,6-9,12-15H2,1-2H3,(H,23,26)/t16-,17-/m0/s1. The zero-order valence-corrected chi connectivity index (χ0v) is 16.4. The van der Waals surface area contributed by atoms with E-state index in [1.165, 1.54) is 0 Å². The molecule has 6 heteroatoms. The number of nitrogens with one attached hydrogen (secondary N) is 1. The number of anilines is 1. The first-order valence-corrected chi connectivity index (χ1v) is 9.92. The van der Waals surface area contributed by atoms with E-state index >= 15 is 0 Å². The summed E-state index contributed by atoms with van der Waals surface area (Å²) in [5.74, 6) is 0.688. The molecule has 2 aliphatic rings. The summed E-state index contributed by atoms with van der Waals surface area (Å²) in [4.78, 5) is 17.1. The summed E-state index contributed by atoms with van der Waals surface area (Å²) in [6.45, 7) is 9.82. The number of nitriles is 1. The predicted molar refractivity (Wildman–Crippen MR) is 105 cm³/mol. The summed E-state index contributed by atoms with van der Waals surface area (Å²) < 4.78 is 5.82. The van der Waals surface area contributed by atoms with Crippen LogP contribution in [0.2, 0.25) is 0 Å². The van der Waals surface area contributed by atoms with Gasteiger partial charge >= 0.3 is 0 Å². The average Bonchev–Trinajstić information content (AvgIpc) is 2.62. The van der Waals surface area contributed by atoms with E-state index in [1.54, 1.807) is 18.2 Å². The minimum atomic E-state index is -0.0145. The van der Waals surface area contributed by atoms with Crippen LogP contribution in [0.1, 0.15) is 32.3 Å². The number of hydrogen-bond acceptors (Lipinski definition) is 5. The fourth-order valence-corrected chi connectivity index (χ4v) is 4.20. The fraction of sp³-hybridized carbons (Fsp3) is 0.619. The lowest BCUT2D eigenvalue weighted by Crippen LogP contribution is -2.48. The molecule has 0 radical (unpaired) electrons. The number of carbonyl (C=O) groups excluding carboxylic acids is 1. The highest BCUT2D eigenvalue weighted by atomic mass is 16.5. The molecule has 1 N–H and O–H groups in total. The molecule has 146 valence electrons. The summed E-state index contributed by atoms with van der Waals surface area (Å²) in [6.07, 6.45) is 2.91. The van der Waals surface area contributed by atoms with Crippen LogP contribution < -0.4 is 5.32 Å². The van der Waals surface area contributed by atoms with Gasteiger partial charge in [-0.2, -0.15) is 5.26 Å². The molecular weight excluding hydrogens is 340 g/mol. The monoisotopic (exact) mass is 370 g/mol. The Morgan fingerprint density at radius 3 is 2.59 bits per heavy atom. The van der Waals surface area contributed by atoms with Gasteiger partial charge in [0.15, 0.2) is 0 Å². The minimum absolute atomic E-state index is 0.0145. The summed E-state index contributed by atoms with van der Waals surface area (Å²) in [5, 5.41) is 11.8. The third-order valence-corrected chi connectivity index (χ3v) is 5.36. The number of morpholine rings is 1. The molecule has 3 rings (SSSR count). The molecule has 1 amide bonds. The largest absolute Gasteiger partial charge is 0.373 e. The van der Waals surface area contributed by atoms with Crippen molar-refractivity contribution in [2.45, 2.75) is 38.9 Å². The quantitative estimate of drug-likeness (QED) is 0.861. The maximum absolute atomic E-state index is 12.3. The van der Waals surface area contributed by atoms with Gasteiger partial charge in [0.1, 0.15) is 0 Å². The van der Waals surface area contributed by atoms with Crippen molar-refractivity contribution >= 4 is 11.6 Å². The second-order valence-electron chi connectivity index (χ2n) is 7.94. The zero-order chi connectivity index (χ0) is 19.2. The van der Waals surface area contributed by atoms with Gasteiger partial charge in [0.2, 0.25) is 5.91 Å². The van der Waals surface area contributed by atoms with Crippen LogP contribution in [0.4, 0.5) is 5.69 Å². The topological polar surface area (TPSA) is 68.6 Å². The smallest absolute Gasteiger partial charge is 0.238 e. The average molecular weight is 370 g/mol. The van der Waals surface area contributed by atoms with Crippen molar-refractivity contribution in [2.24, 2.45) is 5.92 Å². The van der Waals surface area contributed by atoms with E-state index < -0.39 is 0 Å². The Labute approximate surface area is 162 Å². The molecule has 0 aromatic heterocycles. The van der Waals surface area contributed by atoms with E-state index in [4.69, 9.17) is 10.00 Å². The first-order chi connectivity index (χ1) is 13.0. The second-order valence-corrected chi connectivity index (χ2v) is 7.94. The molecule has 1 aromatic rings. The van der Waals surface area contributed by atoms with Gasteiger partial charge in [-0.05, 0) is 63.9 Å². The van der Waals surface area contributed by atoms with Crippen LogP contribution in [-0.4, -0.2) is 67.2 Å².